The van der Waals surface area contributed by atoms with Crippen LogP contribution in [-0.4, -0.2) is 20.6 Å². The molecule has 0 atom stereocenters. The lowest BCUT2D eigenvalue weighted by atomic mass is 11.2. The molecule has 0 aromatic heterocycles. The van der Waals surface area contributed by atoms with Gasteiger partial charge in [0, 0.05) is 14.2 Å². The van der Waals surface area contributed by atoms with E-state index in [4.69, 9.17) is 0 Å². The van der Waals surface area contributed by atoms with Crippen molar-refractivity contribution in [1.82, 2.24) is 0 Å². The Kier molecular flexibility index (Phi) is 4.36. The molecule has 0 rings (SSSR count). The summed E-state index contributed by atoms with van der Waals surface area (Å²) in [6.07, 6.45) is 1.09. The third-order valence-electron chi connectivity index (χ3n) is 0.907. The van der Waals surface area contributed by atoms with Crippen LogP contribution < -0.4 is 0 Å². The van der Waals surface area contributed by atoms with E-state index in [-0.39, 0.29) is 6.35 Å². The molecule has 0 radical (unpaired) electrons. The molecule has 60 valence electrons. The minimum absolute atomic E-state index is 0.0938. The highest BCUT2D eigenvalue weighted by molar-refractivity contribution is 7.53. The summed E-state index contributed by atoms with van der Waals surface area (Å²) in [5, 5.41) is 0. The van der Waals surface area contributed by atoms with Crippen LogP contribution in [0.25, 0.3) is 0 Å². The van der Waals surface area contributed by atoms with Gasteiger partial charge in [0.1, 0.15) is 0 Å². The van der Waals surface area contributed by atoms with E-state index in [2.05, 4.69) is 20.4 Å². The van der Waals surface area contributed by atoms with E-state index < -0.39 is 7.60 Å². The Morgan fingerprint density at radius 3 is 2.30 bits per heavy atom. The Labute approximate surface area is 60.3 Å². The normalized spacial score (nSPS) is 11.0. The van der Waals surface area contributed by atoms with Gasteiger partial charge in [-0.2, -0.15) is 0 Å². The van der Waals surface area contributed by atoms with Crippen molar-refractivity contribution in [2.45, 2.75) is 0 Å². The first-order chi connectivity index (χ1) is 4.68. The number of hydrogen-bond donors (Lipinski definition) is 0. The van der Waals surface area contributed by atoms with Crippen LogP contribution in [0.4, 0.5) is 0 Å². The first-order valence-electron chi connectivity index (χ1n) is 2.61. The predicted octanol–water partition coefficient (Wildman–Crippen LogP) is 1.59. The van der Waals surface area contributed by atoms with Crippen LogP contribution >= 0.6 is 7.60 Å². The monoisotopic (exact) mass is 166 g/mol. The molecule has 0 unspecified atom stereocenters. The highest BCUT2D eigenvalue weighted by Crippen LogP contribution is 2.45. The molecular weight excluding hydrogens is 155 g/mol. The topological polar surface area (TPSA) is 44.8 Å². The van der Waals surface area contributed by atoms with Crippen LogP contribution in [0.1, 0.15) is 0 Å². The number of ether oxygens (including phenoxy) is 1. The van der Waals surface area contributed by atoms with Crippen LogP contribution in [0.5, 0.6) is 0 Å². The largest absolute Gasteiger partial charge is 0.489 e. The van der Waals surface area contributed by atoms with Crippen molar-refractivity contribution in [1.29, 1.82) is 0 Å². The fraction of sp³-hybridized carbons (Fsp3) is 0.600. The maximum absolute atomic E-state index is 11.1. The van der Waals surface area contributed by atoms with Gasteiger partial charge >= 0.3 is 7.60 Å². The molecule has 0 aliphatic rings. The van der Waals surface area contributed by atoms with Crippen LogP contribution in [0.3, 0.4) is 0 Å². The van der Waals surface area contributed by atoms with E-state index >= 15 is 0 Å². The van der Waals surface area contributed by atoms with Gasteiger partial charge in [-0.1, -0.05) is 6.58 Å². The van der Waals surface area contributed by atoms with E-state index in [1.807, 2.05) is 0 Å². The number of rotatable bonds is 5. The fourth-order valence-corrected chi connectivity index (χ4v) is 0.972. The standard InChI is InChI=1S/C5H11O4P/c1-4-9-5-10(6,7-2)8-3/h4H,1,5H2,2-3H3. The summed E-state index contributed by atoms with van der Waals surface area (Å²) >= 11 is 0. The Balaban J connectivity index is 3.81. The van der Waals surface area contributed by atoms with Crippen molar-refractivity contribution in [3.05, 3.63) is 12.8 Å². The van der Waals surface area contributed by atoms with Gasteiger partial charge < -0.3 is 13.8 Å². The van der Waals surface area contributed by atoms with Gasteiger partial charge in [-0.25, -0.2) is 0 Å². The molecule has 0 saturated carbocycles. The van der Waals surface area contributed by atoms with Crippen molar-refractivity contribution < 1.29 is 18.3 Å². The summed E-state index contributed by atoms with van der Waals surface area (Å²) in [4.78, 5) is 0. The zero-order valence-corrected chi connectivity index (χ0v) is 6.97. The molecule has 0 bridgehead atoms. The molecule has 10 heavy (non-hydrogen) atoms. The molecule has 0 saturated heterocycles. The van der Waals surface area contributed by atoms with Crippen molar-refractivity contribution in [3.8, 4) is 0 Å². The second-order valence-electron chi connectivity index (χ2n) is 1.44. The van der Waals surface area contributed by atoms with Gasteiger partial charge in [-0.3, -0.25) is 4.57 Å². The molecule has 0 N–H and O–H groups in total. The average molecular weight is 166 g/mol. The van der Waals surface area contributed by atoms with E-state index in [0.29, 0.717) is 0 Å². The second-order valence-corrected chi connectivity index (χ2v) is 3.65. The first kappa shape index (κ1) is 9.69. The Bertz CT molecular complexity index is 137. The van der Waals surface area contributed by atoms with Gasteiger partial charge in [0.05, 0.1) is 6.26 Å². The quantitative estimate of drug-likeness (QED) is 0.459. The lowest BCUT2D eigenvalue weighted by Crippen LogP contribution is -1.95. The Morgan fingerprint density at radius 1 is 1.50 bits per heavy atom. The van der Waals surface area contributed by atoms with Crippen molar-refractivity contribution >= 4 is 7.60 Å². The van der Waals surface area contributed by atoms with E-state index in [0.717, 1.165) is 0 Å². The molecule has 0 heterocycles. The summed E-state index contributed by atoms with van der Waals surface area (Å²) in [5.74, 6) is 0. The third-order valence-corrected chi connectivity index (χ3v) is 2.48. The fourth-order valence-electron chi connectivity index (χ4n) is 0.324. The van der Waals surface area contributed by atoms with Crippen LogP contribution in [-0.2, 0) is 18.3 Å². The number of hydrogen-bond acceptors (Lipinski definition) is 4. The molecule has 0 aliphatic heterocycles. The van der Waals surface area contributed by atoms with Crippen LogP contribution in [0.2, 0.25) is 0 Å². The smallest absolute Gasteiger partial charge is 0.367 e. The Hall–Kier alpha value is -0.310. The van der Waals surface area contributed by atoms with Crippen molar-refractivity contribution in [3.63, 3.8) is 0 Å². The molecular formula is C5H11O4P. The maximum atomic E-state index is 11.1. The maximum Gasteiger partial charge on any atom is 0.367 e. The zero-order valence-electron chi connectivity index (χ0n) is 6.07. The van der Waals surface area contributed by atoms with E-state index in [9.17, 15) is 4.57 Å². The summed E-state index contributed by atoms with van der Waals surface area (Å²) in [6.45, 7) is 3.28. The zero-order chi connectivity index (χ0) is 8.04. The Morgan fingerprint density at radius 2 is 2.00 bits per heavy atom. The summed E-state index contributed by atoms with van der Waals surface area (Å²) in [6, 6.07) is 0. The summed E-state index contributed by atoms with van der Waals surface area (Å²) < 4.78 is 24.8. The summed E-state index contributed by atoms with van der Waals surface area (Å²) in [5.41, 5.74) is 0. The molecule has 0 aromatic carbocycles. The van der Waals surface area contributed by atoms with Crippen LogP contribution in [0, 0.1) is 0 Å². The highest BCUT2D eigenvalue weighted by Gasteiger charge is 2.20. The van der Waals surface area contributed by atoms with Crippen molar-refractivity contribution in [2.24, 2.45) is 0 Å². The van der Waals surface area contributed by atoms with Gasteiger partial charge in [0.15, 0.2) is 6.35 Å². The molecule has 5 heteroatoms. The average Bonchev–Trinajstić information content (AvgIpc) is 2.00. The third kappa shape index (κ3) is 3.01. The van der Waals surface area contributed by atoms with Crippen molar-refractivity contribution in [2.75, 3.05) is 20.6 Å². The molecule has 0 fully saturated rings. The van der Waals surface area contributed by atoms with Gasteiger partial charge in [-0.15, -0.1) is 0 Å². The van der Waals surface area contributed by atoms with Gasteiger partial charge in [0.2, 0.25) is 0 Å². The molecule has 0 aliphatic carbocycles. The molecule has 4 nitrogen and oxygen atoms in total. The minimum Gasteiger partial charge on any atom is -0.489 e. The highest BCUT2D eigenvalue weighted by atomic mass is 31.2. The lowest BCUT2D eigenvalue weighted by Gasteiger charge is -2.11. The predicted molar refractivity (Wildman–Crippen MR) is 37.8 cm³/mol. The summed E-state index contributed by atoms with van der Waals surface area (Å²) in [7, 11) is -0.387. The first-order valence-corrected chi connectivity index (χ1v) is 4.34. The molecule has 0 aromatic rings. The van der Waals surface area contributed by atoms with Gasteiger partial charge in [-0.05, 0) is 0 Å². The van der Waals surface area contributed by atoms with E-state index in [1.54, 1.807) is 0 Å². The SMILES string of the molecule is C=COCP(=O)(OC)OC. The molecule has 0 amide bonds. The molecule has 0 spiro atoms. The van der Waals surface area contributed by atoms with Crippen LogP contribution in [0.15, 0.2) is 12.8 Å². The second kappa shape index (κ2) is 4.50. The van der Waals surface area contributed by atoms with E-state index in [1.165, 1.54) is 20.5 Å². The van der Waals surface area contributed by atoms with Gasteiger partial charge in [0.25, 0.3) is 0 Å². The lowest BCUT2D eigenvalue weighted by molar-refractivity contribution is 0.219. The minimum atomic E-state index is -2.99.